The minimum absolute atomic E-state index is 0.0653. The molecule has 2 aromatic rings. The molecule has 128 valence electrons. The van der Waals surface area contributed by atoms with Crippen LogP contribution >= 0.6 is 0 Å². The molecule has 3 rings (SSSR count). The lowest BCUT2D eigenvalue weighted by Gasteiger charge is -2.33. The summed E-state index contributed by atoms with van der Waals surface area (Å²) < 4.78 is 15.2. The van der Waals surface area contributed by atoms with Crippen molar-refractivity contribution >= 4 is 5.82 Å². The summed E-state index contributed by atoms with van der Waals surface area (Å²) in [7, 11) is 1.74. The van der Waals surface area contributed by atoms with Crippen molar-refractivity contribution in [2.24, 2.45) is 7.05 Å². The van der Waals surface area contributed by atoms with Crippen LogP contribution < -0.4 is 15.8 Å². The van der Waals surface area contributed by atoms with Crippen LogP contribution in [0.2, 0.25) is 0 Å². The monoisotopic (exact) mass is 330 g/mol. The average Bonchev–Trinajstić information content (AvgIpc) is 2.59. The van der Waals surface area contributed by atoms with E-state index in [4.69, 9.17) is 0 Å². The summed E-state index contributed by atoms with van der Waals surface area (Å²) in [5.41, 5.74) is 0.667. The van der Waals surface area contributed by atoms with E-state index < -0.39 is 0 Å². The number of hydrogen-bond donors (Lipinski definition) is 1. The van der Waals surface area contributed by atoms with Gasteiger partial charge in [0.05, 0.1) is 0 Å². The van der Waals surface area contributed by atoms with Crippen LogP contribution in [0.5, 0.6) is 0 Å². The summed E-state index contributed by atoms with van der Waals surface area (Å²) >= 11 is 0. The minimum Gasteiger partial charge on any atom is -0.350 e. The number of nitrogens with one attached hydrogen (secondary N) is 1. The second-order valence-corrected chi connectivity index (χ2v) is 6.25. The Morgan fingerprint density at radius 2 is 2.21 bits per heavy atom. The molecule has 0 amide bonds. The minimum atomic E-state index is -0.151. The summed E-state index contributed by atoms with van der Waals surface area (Å²) in [6.07, 6.45) is 6.05. The molecule has 1 unspecified atom stereocenters. The first-order valence-corrected chi connectivity index (χ1v) is 8.38. The Kier molecular flexibility index (Phi) is 5.25. The standard InChI is InChI=1S/C18H23FN4O/c1-22-12-10-21-17(18(22)24)23-11-4-6-15(13-23)20-9-8-14-5-2-3-7-16(14)19/h2-3,5,7,10,12,15,20H,4,6,8-9,11,13H2,1H3. The summed E-state index contributed by atoms with van der Waals surface area (Å²) in [6, 6.07) is 7.17. The zero-order valence-electron chi connectivity index (χ0n) is 13.9. The first-order chi connectivity index (χ1) is 11.6. The van der Waals surface area contributed by atoms with Crippen molar-refractivity contribution in [2.75, 3.05) is 24.5 Å². The molecule has 1 aliphatic rings. The van der Waals surface area contributed by atoms with Gasteiger partial charge >= 0.3 is 0 Å². The lowest BCUT2D eigenvalue weighted by Crippen LogP contribution is -2.48. The van der Waals surface area contributed by atoms with Gasteiger partial charge in [-0.05, 0) is 37.4 Å². The third-order valence-electron chi connectivity index (χ3n) is 4.50. The number of aromatic nitrogens is 2. The van der Waals surface area contributed by atoms with Gasteiger partial charge in [-0.3, -0.25) is 4.79 Å². The Hall–Kier alpha value is -2.21. The maximum atomic E-state index is 13.6. The normalized spacial score (nSPS) is 17.9. The van der Waals surface area contributed by atoms with Gasteiger partial charge in [-0.15, -0.1) is 0 Å². The molecule has 6 heteroatoms. The molecule has 2 heterocycles. The van der Waals surface area contributed by atoms with E-state index in [-0.39, 0.29) is 17.4 Å². The van der Waals surface area contributed by atoms with Crippen molar-refractivity contribution in [2.45, 2.75) is 25.3 Å². The number of rotatable bonds is 5. The van der Waals surface area contributed by atoms with Crippen molar-refractivity contribution < 1.29 is 4.39 Å². The second kappa shape index (κ2) is 7.57. The van der Waals surface area contributed by atoms with Crippen LogP contribution in [0.4, 0.5) is 10.2 Å². The number of nitrogens with zero attached hydrogens (tertiary/aromatic N) is 3. The van der Waals surface area contributed by atoms with Crippen LogP contribution in [0.1, 0.15) is 18.4 Å². The zero-order chi connectivity index (χ0) is 16.9. The highest BCUT2D eigenvalue weighted by atomic mass is 19.1. The third-order valence-corrected chi connectivity index (χ3v) is 4.50. The molecule has 1 saturated heterocycles. The molecule has 1 aromatic carbocycles. The van der Waals surface area contributed by atoms with Crippen LogP contribution in [-0.2, 0) is 13.5 Å². The third kappa shape index (κ3) is 3.82. The van der Waals surface area contributed by atoms with Crippen LogP contribution in [-0.4, -0.2) is 35.2 Å². The SMILES string of the molecule is Cn1ccnc(N2CCCC(NCCc3ccccc3F)C2)c1=O. The summed E-state index contributed by atoms with van der Waals surface area (Å²) in [4.78, 5) is 18.5. The second-order valence-electron chi connectivity index (χ2n) is 6.25. The molecule has 1 N–H and O–H groups in total. The molecular formula is C18H23FN4O. The van der Waals surface area contributed by atoms with E-state index in [0.717, 1.165) is 38.0 Å². The van der Waals surface area contributed by atoms with Crippen LogP contribution in [0.25, 0.3) is 0 Å². The Balaban J connectivity index is 1.57. The fourth-order valence-corrected chi connectivity index (χ4v) is 3.15. The Bertz CT molecular complexity index is 746. The summed E-state index contributed by atoms with van der Waals surface area (Å²) in [6.45, 7) is 2.32. The topological polar surface area (TPSA) is 50.2 Å². The number of benzene rings is 1. The van der Waals surface area contributed by atoms with E-state index >= 15 is 0 Å². The van der Waals surface area contributed by atoms with Crippen LogP contribution in [0.15, 0.2) is 41.5 Å². The van der Waals surface area contributed by atoms with Gasteiger partial charge in [0.1, 0.15) is 5.82 Å². The van der Waals surface area contributed by atoms with Gasteiger partial charge in [0.15, 0.2) is 5.82 Å². The molecule has 1 atom stereocenters. The van der Waals surface area contributed by atoms with Gasteiger partial charge in [0, 0.05) is 38.6 Å². The van der Waals surface area contributed by atoms with Gasteiger partial charge in [-0.25, -0.2) is 9.37 Å². The van der Waals surface area contributed by atoms with E-state index in [0.29, 0.717) is 12.2 Å². The predicted octanol–water partition coefficient (Wildman–Crippen LogP) is 1.72. The van der Waals surface area contributed by atoms with Crippen molar-refractivity contribution in [1.82, 2.24) is 14.9 Å². The average molecular weight is 330 g/mol. The quantitative estimate of drug-likeness (QED) is 0.907. The Morgan fingerprint density at radius 1 is 1.38 bits per heavy atom. The van der Waals surface area contributed by atoms with Crippen LogP contribution in [0.3, 0.4) is 0 Å². The highest BCUT2D eigenvalue weighted by molar-refractivity contribution is 5.36. The molecule has 1 aliphatic heterocycles. The van der Waals surface area contributed by atoms with Crippen molar-refractivity contribution in [3.63, 3.8) is 0 Å². The van der Waals surface area contributed by atoms with Gasteiger partial charge in [0.2, 0.25) is 0 Å². The predicted molar refractivity (Wildman–Crippen MR) is 92.8 cm³/mol. The van der Waals surface area contributed by atoms with Crippen molar-refractivity contribution in [3.05, 3.63) is 58.4 Å². The maximum absolute atomic E-state index is 13.6. The lowest BCUT2D eigenvalue weighted by molar-refractivity contribution is 0.421. The number of halogens is 1. The van der Waals surface area contributed by atoms with Gasteiger partial charge in [-0.2, -0.15) is 0 Å². The number of aryl methyl sites for hydroxylation is 1. The summed E-state index contributed by atoms with van der Waals surface area (Å²) in [5, 5.41) is 3.49. The fraction of sp³-hybridized carbons (Fsp3) is 0.444. The first kappa shape index (κ1) is 16.6. The first-order valence-electron chi connectivity index (χ1n) is 8.38. The van der Waals surface area contributed by atoms with Crippen molar-refractivity contribution in [1.29, 1.82) is 0 Å². The number of piperidine rings is 1. The summed E-state index contributed by atoms with van der Waals surface area (Å²) in [5.74, 6) is 0.363. The largest absolute Gasteiger partial charge is 0.350 e. The molecule has 1 aromatic heterocycles. The molecule has 0 bridgehead atoms. The molecular weight excluding hydrogens is 307 g/mol. The Labute approximate surface area is 141 Å². The van der Waals surface area contributed by atoms with Gasteiger partial charge in [0.25, 0.3) is 5.56 Å². The smallest absolute Gasteiger partial charge is 0.293 e. The number of hydrogen-bond acceptors (Lipinski definition) is 4. The van der Waals surface area contributed by atoms with Crippen LogP contribution in [0, 0.1) is 5.82 Å². The number of anilines is 1. The lowest BCUT2D eigenvalue weighted by atomic mass is 10.0. The van der Waals surface area contributed by atoms with E-state index in [1.54, 1.807) is 30.1 Å². The molecule has 0 radical (unpaired) electrons. The molecule has 5 nitrogen and oxygen atoms in total. The Morgan fingerprint density at radius 3 is 3.04 bits per heavy atom. The van der Waals surface area contributed by atoms with Crippen molar-refractivity contribution in [3.8, 4) is 0 Å². The zero-order valence-corrected chi connectivity index (χ0v) is 13.9. The van der Waals surface area contributed by atoms with E-state index in [2.05, 4.69) is 10.3 Å². The van der Waals surface area contributed by atoms with Gasteiger partial charge < -0.3 is 14.8 Å². The fourth-order valence-electron chi connectivity index (χ4n) is 3.15. The van der Waals surface area contributed by atoms with E-state index in [1.165, 1.54) is 6.07 Å². The molecule has 0 saturated carbocycles. The highest BCUT2D eigenvalue weighted by Gasteiger charge is 2.22. The molecule has 0 aliphatic carbocycles. The molecule has 24 heavy (non-hydrogen) atoms. The maximum Gasteiger partial charge on any atom is 0.293 e. The van der Waals surface area contributed by atoms with Gasteiger partial charge in [-0.1, -0.05) is 18.2 Å². The molecule has 1 fully saturated rings. The van der Waals surface area contributed by atoms with E-state index in [1.807, 2.05) is 17.0 Å². The van der Waals surface area contributed by atoms with E-state index in [9.17, 15) is 9.18 Å². The molecule has 0 spiro atoms. The highest BCUT2D eigenvalue weighted by Crippen LogP contribution is 2.15.